The van der Waals surface area contributed by atoms with Gasteiger partial charge in [-0.05, 0) is 24.3 Å². The number of nitrogens with zero attached hydrogens (tertiary/aromatic N) is 5. The number of thiophene rings is 1. The smallest absolute Gasteiger partial charge is 0.233 e. The normalized spacial score (nSPS) is 19.9. The lowest BCUT2D eigenvalue weighted by Gasteiger charge is -2.32. The number of carbonyl (C=O) groups excluding carboxylic acids is 2. The van der Waals surface area contributed by atoms with Gasteiger partial charge in [-0.25, -0.2) is 0 Å². The second-order valence-corrected chi connectivity index (χ2v) is 8.73. The van der Waals surface area contributed by atoms with Gasteiger partial charge in [0.2, 0.25) is 12.3 Å². The summed E-state index contributed by atoms with van der Waals surface area (Å²) in [4.78, 5) is 28.0. The molecule has 4 rings (SSSR count). The average Bonchev–Trinajstić information content (AvgIpc) is 3.49. The van der Waals surface area contributed by atoms with Gasteiger partial charge in [0.15, 0.2) is 11.0 Å². The van der Waals surface area contributed by atoms with Crippen molar-refractivity contribution in [2.75, 3.05) is 38.5 Å². The summed E-state index contributed by atoms with van der Waals surface area (Å²) in [6.07, 6.45) is 3.12. The maximum absolute atomic E-state index is 12.6. The summed E-state index contributed by atoms with van der Waals surface area (Å²) in [5.41, 5.74) is 0. The molecular formula is C18H23N5O3S2. The fraction of sp³-hybridized carbons (Fsp3) is 0.556. The zero-order valence-corrected chi connectivity index (χ0v) is 17.2. The molecule has 0 bridgehead atoms. The zero-order chi connectivity index (χ0) is 19.3. The minimum Gasteiger partial charge on any atom is -0.376 e. The molecule has 0 saturated carbocycles. The van der Waals surface area contributed by atoms with E-state index < -0.39 is 0 Å². The summed E-state index contributed by atoms with van der Waals surface area (Å²) >= 11 is 3.05. The van der Waals surface area contributed by atoms with E-state index in [1.807, 2.05) is 22.4 Å². The molecule has 150 valence electrons. The standard InChI is InChI=1S/C18H23N5O3S2/c24-13-21-5-7-22(8-6-21)16(25)12-28-18-20-19-17(15-4-2-10-27-15)23(18)11-14-3-1-9-26-14/h2,4,10,13-14H,1,3,5-9,11-12H2. The van der Waals surface area contributed by atoms with Gasteiger partial charge in [0.05, 0.1) is 23.3 Å². The first kappa shape index (κ1) is 19.4. The number of amides is 2. The monoisotopic (exact) mass is 421 g/mol. The van der Waals surface area contributed by atoms with E-state index in [1.54, 1.807) is 16.2 Å². The zero-order valence-electron chi connectivity index (χ0n) is 15.5. The van der Waals surface area contributed by atoms with Crippen LogP contribution < -0.4 is 0 Å². The molecule has 0 spiro atoms. The Morgan fingerprint density at radius 1 is 1.32 bits per heavy atom. The molecule has 4 heterocycles. The van der Waals surface area contributed by atoms with Gasteiger partial charge in [-0.15, -0.1) is 21.5 Å². The molecule has 1 atom stereocenters. The third kappa shape index (κ3) is 4.39. The van der Waals surface area contributed by atoms with Crippen molar-refractivity contribution in [3.63, 3.8) is 0 Å². The molecule has 10 heteroatoms. The lowest BCUT2D eigenvalue weighted by molar-refractivity contribution is -0.132. The molecule has 2 aromatic rings. The van der Waals surface area contributed by atoms with Crippen molar-refractivity contribution in [1.82, 2.24) is 24.6 Å². The Morgan fingerprint density at radius 2 is 2.18 bits per heavy atom. The molecule has 2 fully saturated rings. The molecule has 0 aliphatic carbocycles. The van der Waals surface area contributed by atoms with Crippen LogP contribution in [0.25, 0.3) is 10.7 Å². The number of ether oxygens (including phenoxy) is 1. The van der Waals surface area contributed by atoms with Crippen molar-refractivity contribution < 1.29 is 14.3 Å². The van der Waals surface area contributed by atoms with Crippen molar-refractivity contribution in [1.29, 1.82) is 0 Å². The van der Waals surface area contributed by atoms with Crippen LogP contribution in [-0.2, 0) is 20.9 Å². The highest BCUT2D eigenvalue weighted by Gasteiger charge is 2.24. The van der Waals surface area contributed by atoms with Crippen LogP contribution in [0.15, 0.2) is 22.7 Å². The number of piperazine rings is 1. The van der Waals surface area contributed by atoms with E-state index in [2.05, 4.69) is 14.8 Å². The molecule has 2 amide bonds. The highest BCUT2D eigenvalue weighted by Crippen LogP contribution is 2.29. The van der Waals surface area contributed by atoms with Crippen LogP contribution in [0.4, 0.5) is 0 Å². The maximum atomic E-state index is 12.6. The molecular weight excluding hydrogens is 398 g/mol. The summed E-state index contributed by atoms with van der Waals surface area (Å²) in [6, 6.07) is 4.03. The van der Waals surface area contributed by atoms with Gasteiger partial charge >= 0.3 is 0 Å². The minimum atomic E-state index is 0.0693. The van der Waals surface area contributed by atoms with E-state index in [4.69, 9.17) is 4.74 Å². The highest BCUT2D eigenvalue weighted by molar-refractivity contribution is 7.99. The van der Waals surface area contributed by atoms with E-state index in [0.29, 0.717) is 38.5 Å². The predicted molar refractivity (Wildman–Crippen MR) is 107 cm³/mol. The fourth-order valence-electron chi connectivity index (χ4n) is 3.43. The van der Waals surface area contributed by atoms with E-state index in [-0.39, 0.29) is 12.0 Å². The van der Waals surface area contributed by atoms with Crippen molar-refractivity contribution >= 4 is 35.4 Å². The third-order valence-corrected chi connectivity index (χ3v) is 6.83. The van der Waals surface area contributed by atoms with Crippen molar-refractivity contribution in [2.24, 2.45) is 0 Å². The summed E-state index contributed by atoms with van der Waals surface area (Å²) in [6.45, 7) is 3.86. The number of thioether (sulfide) groups is 1. The van der Waals surface area contributed by atoms with Crippen LogP contribution >= 0.6 is 23.1 Å². The quantitative estimate of drug-likeness (QED) is 0.499. The second-order valence-electron chi connectivity index (χ2n) is 6.84. The molecule has 2 aromatic heterocycles. The first-order valence-electron chi connectivity index (χ1n) is 9.43. The Morgan fingerprint density at radius 3 is 2.86 bits per heavy atom. The molecule has 0 N–H and O–H groups in total. The Hall–Kier alpha value is -1.91. The van der Waals surface area contributed by atoms with Crippen LogP contribution in [0.5, 0.6) is 0 Å². The largest absolute Gasteiger partial charge is 0.376 e. The molecule has 2 aliphatic heterocycles. The van der Waals surface area contributed by atoms with Gasteiger partial charge in [-0.2, -0.15) is 0 Å². The SMILES string of the molecule is O=CN1CCN(C(=O)CSc2nnc(-c3cccs3)n2CC2CCCO2)CC1. The molecule has 28 heavy (non-hydrogen) atoms. The van der Waals surface area contributed by atoms with E-state index in [9.17, 15) is 9.59 Å². The molecule has 1 unspecified atom stereocenters. The van der Waals surface area contributed by atoms with Gasteiger partial charge in [0, 0.05) is 32.8 Å². The maximum Gasteiger partial charge on any atom is 0.233 e. The molecule has 8 nitrogen and oxygen atoms in total. The van der Waals surface area contributed by atoms with Crippen LogP contribution in [0.1, 0.15) is 12.8 Å². The van der Waals surface area contributed by atoms with Crippen LogP contribution in [-0.4, -0.2) is 81.5 Å². The lowest BCUT2D eigenvalue weighted by atomic mass is 10.2. The third-order valence-electron chi connectivity index (χ3n) is 5.01. The first-order chi connectivity index (χ1) is 13.7. The van der Waals surface area contributed by atoms with Crippen molar-refractivity contribution in [3.8, 4) is 10.7 Å². The van der Waals surface area contributed by atoms with Crippen LogP contribution in [0.3, 0.4) is 0 Å². The number of carbonyl (C=O) groups is 2. The number of aromatic nitrogens is 3. The van der Waals surface area contributed by atoms with E-state index >= 15 is 0 Å². The first-order valence-corrected chi connectivity index (χ1v) is 11.3. The van der Waals surface area contributed by atoms with Crippen molar-refractivity contribution in [3.05, 3.63) is 17.5 Å². The summed E-state index contributed by atoms with van der Waals surface area (Å²) in [5.74, 6) is 1.22. The fourth-order valence-corrected chi connectivity index (χ4v) is 5.00. The second kappa shape index (κ2) is 9.06. The summed E-state index contributed by atoms with van der Waals surface area (Å²) in [5, 5.41) is 11.5. The molecule has 0 radical (unpaired) electrons. The predicted octanol–water partition coefficient (Wildman–Crippen LogP) is 1.58. The average molecular weight is 422 g/mol. The Bertz CT molecular complexity index is 796. The van der Waals surface area contributed by atoms with Crippen molar-refractivity contribution in [2.45, 2.75) is 30.6 Å². The van der Waals surface area contributed by atoms with E-state index in [1.165, 1.54) is 11.8 Å². The molecule has 2 saturated heterocycles. The molecule has 0 aromatic carbocycles. The topological polar surface area (TPSA) is 80.6 Å². The minimum absolute atomic E-state index is 0.0693. The number of hydrogen-bond donors (Lipinski definition) is 0. The van der Waals surface area contributed by atoms with Gasteiger partial charge in [-0.1, -0.05) is 17.8 Å². The van der Waals surface area contributed by atoms with Gasteiger partial charge in [0.1, 0.15) is 0 Å². The lowest BCUT2D eigenvalue weighted by Crippen LogP contribution is -2.48. The van der Waals surface area contributed by atoms with Gasteiger partial charge < -0.3 is 14.5 Å². The number of hydrogen-bond acceptors (Lipinski definition) is 7. The van der Waals surface area contributed by atoms with E-state index in [0.717, 1.165) is 41.7 Å². The van der Waals surface area contributed by atoms with Crippen LogP contribution in [0, 0.1) is 0 Å². The summed E-state index contributed by atoms with van der Waals surface area (Å²) in [7, 11) is 0. The van der Waals surface area contributed by atoms with Gasteiger partial charge in [0.25, 0.3) is 0 Å². The number of rotatable bonds is 7. The Labute approximate surface area is 171 Å². The van der Waals surface area contributed by atoms with Crippen LogP contribution in [0.2, 0.25) is 0 Å². The Kier molecular flexibility index (Phi) is 6.28. The Balaban J connectivity index is 1.43. The highest BCUT2D eigenvalue weighted by atomic mass is 32.2. The summed E-state index contributed by atoms with van der Waals surface area (Å²) < 4.78 is 7.89. The van der Waals surface area contributed by atoms with Gasteiger partial charge in [-0.3, -0.25) is 14.2 Å². The molecule has 2 aliphatic rings.